The standard InChI is InChI=1S/C13H27N3O3S/c1-11(2)16-13(17)6-9-15-20(18,19)10-7-12-5-3-4-8-14-12/h11-12,14-15H,3-10H2,1-2H3,(H,16,17). The number of hydrogen-bond acceptors (Lipinski definition) is 4. The zero-order valence-corrected chi connectivity index (χ0v) is 13.3. The van der Waals surface area contributed by atoms with E-state index in [1.807, 2.05) is 13.8 Å². The molecule has 118 valence electrons. The van der Waals surface area contributed by atoms with Gasteiger partial charge in [-0.3, -0.25) is 4.79 Å². The first-order valence-electron chi connectivity index (χ1n) is 7.39. The van der Waals surface area contributed by atoms with E-state index in [4.69, 9.17) is 0 Å². The highest BCUT2D eigenvalue weighted by Gasteiger charge is 2.17. The number of piperidine rings is 1. The number of amides is 1. The molecule has 1 rings (SSSR count). The summed E-state index contributed by atoms with van der Waals surface area (Å²) in [6.45, 7) is 4.89. The molecule has 20 heavy (non-hydrogen) atoms. The summed E-state index contributed by atoms with van der Waals surface area (Å²) in [5, 5.41) is 6.06. The summed E-state index contributed by atoms with van der Waals surface area (Å²) in [6, 6.07) is 0.390. The topological polar surface area (TPSA) is 87.3 Å². The molecule has 1 fully saturated rings. The van der Waals surface area contributed by atoms with Gasteiger partial charge in [0.05, 0.1) is 5.75 Å². The van der Waals surface area contributed by atoms with Gasteiger partial charge < -0.3 is 10.6 Å². The molecule has 0 aromatic carbocycles. The number of rotatable bonds is 8. The van der Waals surface area contributed by atoms with E-state index >= 15 is 0 Å². The number of sulfonamides is 1. The quantitative estimate of drug-likeness (QED) is 0.604. The van der Waals surface area contributed by atoms with Crippen LogP contribution in [0.25, 0.3) is 0 Å². The molecule has 0 saturated carbocycles. The van der Waals surface area contributed by atoms with Crippen molar-refractivity contribution in [2.45, 2.75) is 58.0 Å². The van der Waals surface area contributed by atoms with Gasteiger partial charge in [0.25, 0.3) is 0 Å². The highest BCUT2D eigenvalue weighted by atomic mass is 32.2. The van der Waals surface area contributed by atoms with E-state index in [9.17, 15) is 13.2 Å². The second kappa shape index (κ2) is 8.59. The molecule has 6 nitrogen and oxygen atoms in total. The summed E-state index contributed by atoms with van der Waals surface area (Å²) < 4.78 is 26.1. The van der Waals surface area contributed by atoms with Crippen LogP contribution in [0, 0.1) is 0 Å². The monoisotopic (exact) mass is 305 g/mol. The van der Waals surface area contributed by atoms with Crippen molar-refractivity contribution in [3.05, 3.63) is 0 Å². The largest absolute Gasteiger partial charge is 0.354 e. The molecule has 1 aliphatic rings. The first kappa shape index (κ1) is 17.4. The summed E-state index contributed by atoms with van der Waals surface area (Å²) in [6.07, 6.45) is 4.20. The average Bonchev–Trinajstić information content (AvgIpc) is 2.36. The molecule has 1 saturated heterocycles. The van der Waals surface area contributed by atoms with Gasteiger partial charge in [-0.05, 0) is 39.7 Å². The number of hydrogen-bond donors (Lipinski definition) is 3. The van der Waals surface area contributed by atoms with Crippen molar-refractivity contribution >= 4 is 15.9 Å². The Morgan fingerprint density at radius 2 is 2.10 bits per heavy atom. The lowest BCUT2D eigenvalue weighted by molar-refractivity contribution is -0.121. The molecule has 0 aromatic heterocycles. The van der Waals surface area contributed by atoms with Crippen LogP contribution in [0.2, 0.25) is 0 Å². The fraction of sp³-hybridized carbons (Fsp3) is 0.923. The second-order valence-electron chi connectivity index (χ2n) is 5.62. The van der Waals surface area contributed by atoms with Gasteiger partial charge in [-0.1, -0.05) is 6.42 Å². The van der Waals surface area contributed by atoms with Crippen molar-refractivity contribution in [2.24, 2.45) is 0 Å². The van der Waals surface area contributed by atoms with E-state index in [0.29, 0.717) is 12.5 Å². The van der Waals surface area contributed by atoms with E-state index in [-0.39, 0.29) is 30.7 Å². The van der Waals surface area contributed by atoms with Gasteiger partial charge >= 0.3 is 0 Å². The van der Waals surface area contributed by atoms with Crippen LogP contribution in [0.4, 0.5) is 0 Å². The van der Waals surface area contributed by atoms with Gasteiger partial charge in [-0.2, -0.15) is 0 Å². The molecule has 0 spiro atoms. The smallest absolute Gasteiger partial charge is 0.221 e. The van der Waals surface area contributed by atoms with Gasteiger partial charge in [0.2, 0.25) is 15.9 Å². The van der Waals surface area contributed by atoms with Crippen molar-refractivity contribution in [3.63, 3.8) is 0 Å². The van der Waals surface area contributed by atoms with Crippen molar-refractivity contribution in [2.75, 3.05) is 18.8 Å². The van der Waals surface area contributed by atoms with Crippen molar-refractivity contribution < 1.29 is 13.2 Å². The Morgan fingerprint density at radius 1 is 1.35 bits per heavy atom. The number of nitrogens with one attached hydrogen (secondary N) is 3. The summed E-state index contributed by atoms with van der Waals surface area (Å²) in [7, 11) is -3.28. The molecule has 0 radical (unpaired) electrons. The lowest BCUT2D eigenvalue weighted by Crippen LogP contribution is -2.38. The molecule has 0 bridgehead atoms. The first-order valence-corrected chi connectivity index (χ1v) is 9.04. The molecule has 1 atom stereocenters. The molecule has 0 aliphatic carbocycles. The van der Waals surface area contributed by atoms with Crippen molar-refractivity contribution in [1.82, 2.24) is 15.4 Å². The minimum Gasteiger partial charge on any atom is -0.354 e. The zero-order chi connectivity index (χ0) is 15.0. The third-order valence-electron chi connectivity index (χ3n) is 3.27. The van der Waals surface area contributed by atoms with Crippen LogP contribution in [-0.4, -0.2) is 45.3 Å². The maximum atomic E-state index is 11.8. The van der Waals surface area contributed by atoms with E-state index < -0.39 is 10.0 Å². The van der Waals surface area contributed by atoms with Gasteiger partial charge in [0, 0.05) is 25.0 Å². The Morgan fingerprint density at radius 3 is 2.70 bits per heavy atom. The summed E-state index contributed by atoms with van der Waals surface area (Å²) >= 11 is 0. The first-order chi connectivity index (χ1) is 9.39. The van der Waals surface area contributed by atoms with Crippen LogP contribution in [0.5, 0.6) is 0 Å². The zero-order valence-electron chi connectivity index (χ0n) is 12.4. The molecule has 0 aromatic rings. The maximum Gasteiger partial charge on any atom is 0.221 e. The molecule has 1 heterocycles. The molecule has 1 unspecified atom stereocenters. The minimum atomic E-state index is -3.28. The molecule has 7 heteroatoms. The average molecular weight is 305 g/mol. The van der Waals surface area contributed by atoms with E-state index in [0.717, 1.165) is 13.0 Å². The summed E-state index contributed by atoms with van der Waals surface area (Å²) in [5.41, 5.74) is 0. The van der Waals surface area contributed by atoms with Crippen LogP contribution >= 0.6 is 0 Å². The van der Waals surface area contributed by atoms with E-state index in [1.54, 1.807) is 0 Å². The fourth-order valence-corrected chi connectivity index (χ4v) is 3.41. The SMILES string of the molecule is CC(C)NC(=O)CCNS(=O)(=O)CCC1CCCCN1. The highest BCUT2D eigenvalue weighted by molar-refractivity contribution is 7.89. The molecule has 1 amide bonds. The Balaban J connectivity index is 2.18. The molecular formula is C13H27N3O3S. The van der Waals surface area contributed by atoms with Crippen LogP contribution in [0.1, 0.15) is 46.0 Å². The van der Waals surface area contributed by atoms with Gasteiger partial charge in [-0.15, -0.1) is 0 Å². The lowest BCUT2D eigenvalue weighted by Gasteiger charge is -2.23. The summed E-state index contributed by atoms with van der Waals surface area (Å²) in [5.74, 6) is -0.00661. The maximum absolute atomic E-state index is 11.8. The van der Waals surface area contributed by atoms with Crippen LogP contribution in [-0.2, 0) is 14.8 Å². The second-order valence-corrected chi connectivity index (χ2v) is 7.55. The van der Waals surface area contributed by atoms with Crippen molar-refractivity contribution in [3.8, 4) is 0 Å². The van der Waals surface area contributed by atoms with Crippen LogP contribution in [0.15, 0.2) is 0 Å². The van der Waals surface area contributed by atoms with Crippen LogP contribution < -0.4 is 15.4 Å². The van der Waals surface area contributed by atoms with Gasteiger partial charge in [0.15, 0.2) is 0 Å². The molecular weight excluding hydrogens is 278 g/mol. The van der Waals surface area contributed by atoms with Crippen molar-refractivity contribution in [1.29, 1.82) is 0 Å². The van der Waals surface area contributed by atoms with Gasteiger partial charge in [-0.25, -0.2) is 13.1 Å². The van der Waals surface area contributed by atoms with Crippen LogP contribution in [0.3, 0.4) is 0 Å². The number of carbonyl (C=O) groups is 1. The Labute approximate surface area is 122 Å². The Hall–Kier alpha value is -0.660. The van der Waals surface area contributed by atoms with E-state index in [2.05, 4.69) is 15.4 Å². The Kier molecular flexibility index (Phi) is 7.47. The fourth-order valence-electron chi connectivity index (χ4n) is 2.25. The van der Waals surface area contributed by atoms with Gasteiger partial charge in [0.1, 0.15) is 0 Å². The third-order valence-corrected chi connectivity index (χ3v) is 4.69. The normalized spacial score (nSPS) is 20.1. The Bertz CT molecular complexity index is 390. The highest BCUT2D eigenvalue weighted by Crippen LogP contribution is 2.10. The summed E-state index contributed by atoms with van der Waals surface area (Å²) in [4.78, 5) is 11.4. The predicted octanol–water partition coefficient (Wildman–Crippen LogP) is 0.353. The molecule has 3 N–H and O–H groups in total. The minimum absolute atomic E-state index is 0.0801. The van der Waals surface area contributed by atoms with E-state index in [1.165, 1.54) is 12.8 Å². The lowest BCUT2D eigenvalue weighted by atomic mass is 10.0. The molecule has 1 aliphatic heterocycles. The predicted molar refractivity (Wildman–Crippen MR) is 79.9 cm³/mol. The third kappa shape index (κ3) is 7.81. The number of carbonyl (C=O) groups excluding carboxylic acids is 1.